The van der Waals surface area contributed by atoms with Crippen LogP contribution in [0.25, 0.3) is 0 Å². The Hall–Kier alpha value is -1.62. The van der Waals surface area contributed by atoms with Crippen LogP contribution in [0.1, 0.15) is 17.2 Å². The molecule has 11 heteroatoms. The molecule has 2 aromatic carbocycles. The van der Waals surface area contributed by atoms with E-state index in [1.165, 1.54) is 24.3 Å². The van der Waals surface area contributed by atoms with Crippen LogP contribution >= 0.6 is 24.8 Å². The zero-order valence-corrected chi connectivity index (χ0v) is 21.6. The lowest BCUT2D eigenvalue weighted by Gasteiger charge is -2.39. The molecule has 0 amide bonds. The number of carboxylic acids is 1. The highest BCUT2D eigenvalue weighted by molar-refractivity contribution is 7.83. The van der Waals surface area contributed by atoms with E-state index in [1.54, 1.807) is 36.8 Å². The third kappa shape index (κ3) is 11.7. The summed E-state index contributed by atoms with van der Waals surface area (Å²) < 4.78 is 41.4. The number of carbonyl (C=O) groups is 1. The zero-order valence-electron chi connectivity index (χ0n) is 19.2. The average Bonchev–Trinajstić information content (AvgIpc) is 2.74. The third-order valence-corrected chi connectivity index (χ3v) is 4.92. The van der Waals surface area contributed by atoms with Crippen LogP contribution in [0.5, 0.6) is 0 Å². The summed E-state index contributed by atoms with van der Waals surface area (Å²) in [6.07, 6.45) is 3.28. The molecule has 34 heavy (non-hydrogen) atoms. The van der Waals surface area contributed by atoms with Crippen LogP contribution in [0.4, 0.5) is 8.78 Å². The molecule has 1 aliphatic heterocycles. The van der Waals surface area contributed by atoms with Crippen molar-refractivity contribution in [1.29, 1.82) is 0 Å². The van der Waals surface area contributed by atoms with Crippen LogP contribution in [-0.4, -0.2) is 83.5 Å². The van der Waals surface area contributed by atoms with Crippen molar-refractivity contribution < 1.29 is 27.6 Å². The monoisotopic (exact) mass is 540 g/mol. The standard InChI is InChI=1S/C21H24F2N2O3.C2H6OS.2ClH/c22-18-5-1-16(2-6-18)21(17-3-7-19(23)8-4-17)25-11-9-24(10-12-25)13-14-28-15-20(26)27;1-4(2)3;;/h1-8,21H,9-15H2,(H,26,27);1-2H3;2*1H. The van der Waals surface area contributed by atoms with Gasteiger partial charge in [0.05, 0.1) is 12.6 Å². The summed E-state index contributed by atoms with van der Waals surface area (Å²) in [6, 6.07) is 12.8. The van der Waals surface area contributed by atoms with Crippen LogP contribution in [0.15, 0.2) is 48.5 Å². The van der Waals surface area contributed by atoms with E-state index in [2.05, 4.69) is 9.80 Å². The van der Waals surface area contributed by atoms with Gasteiger partial charge in [0.2, 0.25) is 0 Å². The maximum atomic E-state index is 13.4. The number of hydrogen-bond donors (Lipinski definition) is 1. The lowest BCUT2D eigenvalue weighted by Crippen LogP contribution is -2.48. The number of ether oxygens (including phenoxy) is 1. The van der Waals surface area contributed by atoms with E-state index >= 15 is 0 Å². The number of rotatable bonds is 8. The van der Waals surface area contributed by atoms with E-state index < -0.39 is 16.8 Å². The summed E-state index contributed by atoms with van der Waals surface area (Å²) in [5.74, 6) is -1.54. The summed E-state index contributed by atoms with van der Waals surface area (Å²) in [5.41, 5.74) is 1.93. The molecule has 3 rings (SSSR count). The second kappa shape index (κ2) is 16.9. The molecule has 1 N–H and O–H groups in total. The second-order valence-electron chi connectivity index (χ2n) is 7.57. The maximum absolute atomic E-state index is 13.4. The summed E-state index contributed by atoms with van der Waals surface area (Å²) >= 11 is 0. The molecule has 0 aromatic heterocycles. The highest BCUT2D eigenvalue weighted by Gasteiger charge is 2.26. The Morgan fingerprint density at radius 1 is 0.941 bits per heavy atom. The maximum Gasteiger partial charge on any atom is 0.329 e. The molecule has 0 bridgehead atoms. The fourth-order valence-electron chi connectivity index (χ4n) is 3.50. The molecule has 192 valence electrons. The van der Waals surface area contributed by atoms with Crippen molar-refractivity contribution in [2.24, 2.45) is 0 Å². The molecule has 1 fully saturated rings. The predicted molar refractivity (Wildman–Crippen MR) is 136 cm³/mol. The predicted octanol–water partition coefficient (Wildman–Crippen LogP) is 3.61. The Bertz CT molecular complexity index is 819. The van der Waals surface area contributed by atoms with Crippen molar-refractivity contribution in [1.82, 2.24) is 9.80 Å². The van der Waals surface area contributed by atoms with Gasteiger partial charge >= 0.3 is 5.97 Å². The zero-order chi connectivity index (χ0) is 23.5. The smallest absolute Gasteiger partial charge is 0.329 e. The van der Waals surface area contributed by atoms with Gasteiger partial charge in [-0.25, -0.2) is 13.6 Å². The van der Waals surface area contributed by atoms with E-state index in [4.69, 9.17) is 9.84 Å². The fourth-order valence-corrected chi connectivity index (χ4v) is 3.50. The average molecular weight is 541 g/mol. The molecule has 0 radical (unpaired) electrons. The van der Waals surface area contributed by atoms with Crippen molar-refractivity contribution in [3.05, 3.63) is 71.3 Å². The number of hydrogen-bond acceptors (Lipinski definition) is 5. The van der Waals surface area contributed by atoms with E-state index in [-0.39, 0.29) is 49.1 Å². The lowest BCUT2D eigenvalue weighted by atomic mass is 9.96. The largest absolute Gasteiger partial charge is 0.480 e. The van der Waals surface area contributed by atoms with Crippen molar-refractivity contribution >= 4 is 41.6 Å². The first-order chi connectivity index (χ1) is 15.3. The van der Waals surface area contributed by atoms with Gasteiger partial charge in [-0.15, -0.1) is 24.8 Å². The van der Waals surface area contributed by atoms with Crippen LogP contribution in [0.2, 0.25) is 0 Å². The van der Waals surface area contributed by atoms with Gasteiger partial charge in [0.15, 0.2) is 0 Å². The minimum Gasteiger partial charge on any atom is -0.480 e. The van der Waals surface area contributed by atoms with E-state index in [0.29, 0.717) is 13.2 Å². The van der Waals surface area contributed by atoms with Gasteiger partial charge in [0.25, 0.3) is 0 Å². The number of aliphatic carboxylic acids is 1. The minimum absolute atomic E-state index is 0. The Balaban J connectivity index is 0.00000168. The Labute approximate surface area is 214 Å². The molecule has 0 unspecified atom stereocenters. The Morgan fingerprint density at radius 2 is 1.35 bits per heavy atom. The molecule has 0 saturated carbocycles. The number of halogens is 4. The van der Waals surface area contributed by atoms with E-state index in [1.807, 2.05) is 0 Å². The number of benzene rings is 2. The van der Waals surface area contributed by atoms with Crippen LogP contribution < -0.4 is 0 Å². The topological polar surface area (TPSA) is 70.1 Å². The number of nitrogens with zero attached hydrogens (tertiary/aromatic N) is 2. The first-order valence-electron chi connectivity index (χ1n) is 10.3. The molecule has 0 spiro atoms. The van der Waals surface area contributed by atoms with Crippen molar-refractivity contribution in [2.45, 2.75) is 6.04 Å². The minimum atomic E-state index is -0.966. The van der Waals surface area contributed by atoms with Crippen molar-refractivity contribution in [3.8, 4) is 0 Å². The van der Waals surface area contributed by atoms with Gasteiger partial charge < -0.3 is 9.84 Å². The van der Waals surface area contributed by atoms with Gasteiger partial charge in [-0.05, 0) is 35.4 Å². The molecular formula is C23H32Cl2F2N2O4S. The quantitative estimate of drug-likeness (QED) is 0.516. The first kappa shape index (κ1) is 32.4. The third-order valence-electron chi connectivity index (χ3n) is 4.92. The van der Waals surface area contributed by atoms with Gasteiger partial charge in [-0.3, -0.25) is 14.0 Å². The van der Waals surface area contributed by atoms with E-state index in [9.17, 15) is 17.8 Å². The van der Waals surface area contributed by atoms with Crippen molar-refractivity contribution in [3.63, 3.8) is 0 Å². The van der Waals surface area contributed by atoms with Crippen LogP contribution in [0.3, 0.4) is 0 Å². The fraction of sp³-hybridized carbons (Fsp3) is 0.435. The normalized spacial score (nSPS) is 14.1. The van der Waals surface area contributed by atoms with Gasteiger partial charge in [-0.1, -0.05) is 24.3 Å². The highest BCUT2D eigenvalue weighted by Crippen LogP contribution is 2.30. The Kier molecular flexibility index (Phi) is 16.1. The van der Waals surface area contributed by atoms with Crippen LogP contribution in [0, 0.1) is 11.6 Å². The molecule has 6 nitrogen and oxygen atoms in total. The summed E-state index contributed by atoms with van der Waals surface area (Å²) in [5, 5.41) is 8.60. The summed E-state index contributed by atoms with van der Waals surface area (Å²) in [4.78, 5) is 15.0. The molecular weight excluding hydrogens is 509 g/mol. The summed E-state index contributed by atoms with van der Waals surface area (Å²) in [7, 11) is -0.611. The number of piperazine rings is 1. The SMILES string of the molecule is CS(C)=O.Cl.Cl.O=C(O)COCCN1CCN(C(c2ccc(F)cc2)c2ccc(F)cc2)CC1. The molecule has 0 aliphatic carbocycles. The molecule has 1 heterocycles. The van der Waals surface area contributed by atoms with Gasteiger partial charge in [0, 0.05) is 56.0 Å². The van der Waals surface area contributed by atoms with Crippen LogP contribution in [-0.2, 0) is 20.3 Å². The lowest BCUT2D eigenvalue weighted by molar-refractivity contribution is -0.142. The molecule has 0 atom stereocenters. The molecule has 1 saturated heterocycles. The first-order valence-corrected chi connectivity index (χ1v) is 12.2. The molecule has 1 aliphatic rings. The second-order valence-corrected chi connectivity index (χ2v) is 9.05. The molecule has 2 aromatic rings. The van der Waals surface area contributed by atoms with Gasteiger partial charge in [-0.2, -0.15) is 0 Å². The number of carboxylic acid groups (broad SMARTS) is 1. The van der Waals surface area contributed by atoms with E-state index in [0.717, 1.165) is 37.3 Å². The summed E-state index contributed by atoms with van der Waals surface area (Å²) in [6.45, 7) is 3.99. The Morgan fingerprint density at radius 3 is 1.74 bits per heavy atom. The van der Waals surface area contributed by atoms with Gasteiger partial charge in [0.1, 0.15) is 18.2 Å². The van der Waals surface area contributed by atoms with Crippen molar-refractivity contribution in [2.75, 3.05) is 58.4 Å². The highest BCUT2D eigenvalue weighted by atomic mass is 35.5.